The zero-order chi connectivity index (χ0) is 18.8. The maximum Gasteiger partial charge on any atom is 0.338 e. The van der Waals surface area contributed by atoms with Gasteiger partial charge in [0.25, 0.3) is 0 Å². The van der Waals surface area contributed by atoms with E-state index in [1.165, 1.54) is 0 Å². The van der Waals surface area contributed by atoms with Crippen LogP contribution in [0.1, 0.15) is 35.7 Å². The minimum absolute atomic E-state index is 0.0836. The molecular weight excluding hydrogens is 330 g/mol. The molecule has 0 aliphatic carbocycles. The molecule has 134 valence electrons. The normalized spacial score (nSPS) is 9.85. The van der Waals surface area contributed by atoms with Crippen molar-refractivity contribution in [1.29, 1.82) is 5.26 Å². The molecule has 1 amide bonds. The third kappa shape index (κ3) is 5.95. The number of nitrogens with one attached hydrogen (secondary N) is 2. The van der Waals surface area contributed by atoms with Crippen molar-refractivity contribution in [3.8, 4) is 6.07 Å². The second-order valence-electron chi connectivity index (χ2n) is 5.66. The van der Waals surface area contributed by atoms with Crippen LogP contribution in [0.2, 0.25) is 0 Å². The number of esters is 1. The Balaban J connectivity index is 1.80. The first-order valence-electron chi connectivity index (χ1n) is 8.43. The number of ether oxygens (including phenoxy) is 1. The summed E-state index contributed by atoms with van der Waals surface area (Å²) in [6.07, 6.45) is 1.82. The monoisotopic (exact) mass is 351 g/mol. The van der Waals surface area contributed by atoms with Crippen molar-refractivity contribution < 1.29 is 14.3 Å². The van der Waals surface area contributed by atoms with Crippen LogP contribution in [0.5, 0.6) is 0 Å². The molecule has 6 nitrogen and oxygen atoms in total. The van der Waals surface area contributed by atoms with E-state index in [-0.39, 0.29) is 18.4 Å². The molecular formula is C20H21N3O3. The quantitative estimate of drug-likeness (QED) is 0.560. The van der Waals surface area contributed by atoms with Crippen molar-refractivity contribution in [2.24, 2.45) is 0 Å². The Hall–Kier alpha value is -3.33. The van der Waals surface area contributed by atoms with Crippen LogP contribution in [0.25, 0.3) is 0 Å². The first-order chi connectivity index (χ1) is 12.6. The number of nitrogens with zero attached hydrogens (tertiary/aromatic N) is 1. The lowest BCUT2D eigenvalue weighted by Gasteiger charge is -2.09. The van der Waals surface area contributed by atoms with Gasteiger partial charge in [-0.1, -0.05) is 13.3 Å². The Morgan fingerprint density at radius 1 is 1.04 bits per heavy atom. The zero-order valence-corrected chi connectivity index (χ0v) is 14.6. The molecule has 0 saturated carbocycles. The Kier molecular flexibility index (Phi) is 7.19. The van der Waals surface area contributed by atoms with Crippen LogP contribution in [0.4, 0.5) is 11.4 Å². The minimum atomic E-state index is -0.344. The van der Waals surface area contributed by atoms with Crippen molar-refractivity contribution in [3.63, 3.8) is 0 Å². The standard InChI is InChI=1S/C20H21N3O3/c1-2-3-12-26-20(25)16-6-10-17(11-7-16)22-14-19(24)23-18-8-4-15(13-21)5-9-18/h4-11,22H,2-3,12,14H2,1H3,(H,23,24). The van der Waals surface area contributed by atoms with Gasteiger partial charge in [-0.25, -0.2) is 4.79 Å². The van der Waals surface area contributed by atoms with Crippen LogP contribution in [-0.4, -0.2) is 25.0 Å². The van der Waals surface area contributed by atoms with E-state index in [1.807, 2.05) is 13.0 Å². The molecule has 0 aliphatic rings. The Morgan fingerprint density at radius 2 is 1.69 bits per heavy atom. The van der Waals surface area contributed by atoms with Crippen LogP contribution >= 0.6 is 0 Å². The lowest BCUT2D eigenvalue weighted by Crippen LogP contribution is -2.21. The van der Waals surface area contributed by atoms with Crippen LogP contribution in [0.3, 0.4) is 0 Å². The highest BCUT2D eigenvalue weighted by molar-refractivity contribution is 5.94. The van der Waals surface area contributed by atoms with Gasteiger partial charge in [0, 0.05) is 11.4 Å². The number of carbonyl (C=O) groups is 2. The number of nitriles is 1. The van der Waals surface area contributed by atoms with E-state index >= 15 is 0 Å². The largest absolute Gasteiger partial charge is 0.462 e. The summed E-state index contributed by atoms with van der Waals surface area (Å²) in [5, 5.41) is 14.5. The molecule has 0 atom stereocenters. The summed E-state index contributed by atoms with van der Waals surface area (Å²) in [5.74, 6) is -0.554. The van der Waals surface area contributed by atoms with Gasteiger partial charge in [-0.05, 0) is 55.0 Å². The molecule has 0 fully saturated rings. The Morgan fingerprint density at radius 3 is 2.31 bits per heavy atom. The van der Waals surface area contributed by atoms with Gasteiger partial charge in [0.2, 0.25) is 5.91 Å². The average Bonchev–Trinajstić information content (AvgIpc) is 2.67. The van der Waals surface area contributed by atoms with Crippen molar-refractivity contribution in [3.05, 3.63) is 59.7 Å². The van der Waals surface area contributed by atoms with Gasteiger partial charge in [0.15, 0.2) is 0 Å². The molecule has 0 bridgehead atoms. The molecule has 0 radical (unpaired) electrons. The number of carbonyl (C=O) groups excluding carboxylic acids is 2. The molecule has 2 N–H and O–H groups in total. The maximum atomic E-state index is 11.9. The first kappa shape index (κ1) is 19.0. The van der Waals surface area contributed by atoms with Crippen LogP contribution in [0, 0.1) is 11.3 Å². The van der Waals surface area contributed by atoms with E-state index in [4.69, 9.17) is 10.00 Å². The number of benzene rings is 2. The molecule has 26 heavy (non-hydrogen) atoms. The third-order valence-corrected chi connectivity index (χ3v) is 3.60. The summed E-state index contributed by atoms with van der Waals surface area (Å²) < 4.78 is 5.15. The minimum Gasteiger partial charge on any atom is -0.462 e. The molecule has 2 aromatic rings. The third-order valence-electron chi connectivity index (χ3n) is 3.60. The SMILES string of the molecule is CCCCOC(=O)c1ccc(NCC(=O)Nc2ccc(C#N)cc2)cc1. The number of rotatable bonds is 8. The number of hydrogen-bond donors (Lipinski definition) is 2. The first-order valence-corrected chi connectivity index (χ1v) is 8.43. The van der Waals surface area contributed by atoms with E-state index in [0.717, 1.165) is 18.5 Å². The van der Waals surface area contributed by atoms with Crippen molar-refractivity contribution in [2.75, 3.05) is 23.8 Å². The molecule has 0 unspecified atom stereocenters. The van der Waals surface area contributed by atoms with E-state index in [2.05, 4.69) is 10.6 Å². The fraction of sp³-hybridized carbons (Fsp3) is 0.250. The molecule has 2 aromatic carbocycles. The van der Waals surface area contributed by atoms with E-state index in [1.54, 1.807) is 48.5 Å². The van der Waals surface area contributed by atoms with E-state index in [9.17, 15) is 9.59 Å². The summed E-state index contributed by atoms with van der Waals surface area (Å²) in [5.41, 5.74) is 2.37. The van der Waals surface area contributed by atoms with Gasteiger partial charge in [-0.3, -0.25) is 4.79 Å². The highest BCUT2D eigenvalue weighted by atomic mass is 16.5. The summed E-state index contributed by atoms with van der Waals surface area (Å²) in [6.45, 7) is 2.54. The Labute approximate surface area is 152 Å². The van der Waals surface area contributed by atoms with Gasteiger partial charge in [-0.15, -0.1) is 0 Å². The molecule has 0 spiro atoms. The lowest BCUT2D eigenvalue weighted by molar-refractivity contribution is -0.114. The summed E-state index contributed by atoms with van der Waals surface area (Å²) in [6, 6.07) is 15.4. The van der Waals surface area contributed by atoms with Gasteiger partial charge < -0.3 is 15.4 Å². The van der Waals surface area contributed by atoms with Crippen molar-refractivity contribution >= 4 is 23.3 Å². The molecule has 0 saturated heterocycles. The maximum absolute atomic E-state index is 11.9. The van der Waals surface area contributed by atoms with E-state index < -0.39 is 0 Å². The van der Waals surface area contributed by atoms with Crippen LogP contribution in [-0.2, 0) is 9.53 Å². The fourth-order valence-electron chi connectivity index (χ4n) is 2.13. The predicted octanol–water partition coefficient (Wildman–Crippen LogP) is 3.57. The predicted molar refractivity (Wildman–Crippen MR) is 99.9 cm³/mol. The summed E-state index contributed by atoms with van der Waals surface area (Å²) in [4.78, 5) is 23.8. The summed E-state index contributed by atoms with van der Waals surface area (Å²) >= 11 is 0. The van der Waals surface area contributed by atoms with Crippen molar-refractivity contribution in [2.45, 2.75) is 19.8 Å². The fourth-order valence-corrected chi connectivity index (χ4v) is 2.13. The number of amides is 1. The second-order valence-corrected chi connectivity index (χ2v) is 5.66. The highest BCUT2D eigenvalue weighted by Gasteiger charge is 2.07. The van der Waals surface area contributed by atoms with E-state index in [0.29, 0.717) is 23.4 Å². The molecule has 0 heterocycles. The second kappa shape index (κ2) is 9.84. The summed E-state index contributed by atoms with van der Waals surface area (Å²) in [7, 11) is 0. The van der Waals surface area contributed by atoms with Gasteiger partial charge in [0.05, 0.1) is 30.3 Å². The van der Waals surface area contributed by atoms with Gasteiger partial charge >= 0.3 is 5.97 Å². The number of hydrogen-bond acceptors (Lipinski definition) is 5. The van der Waals surface area contributed by atoms with Gasteiger partial charge in [0.1, 0.15) is 0 Å². The van der Waals surface area contributed by atoms with Crippen molar-refractivity contribution in [1.82, 2.24) is 0 Å². The Bertz CT molecular complexity index is 777. The average molecular weight is 351 g/mol. The van der Waals surface area contributed by atoms with Gasteiger partial charge in [-0.2, -0.15) is 5.26 Å². The molecule has 2 rings (SSSR count). The topological polar surface area (TPSA) is 91.2 Å². The van der Waals surface area contributed by atoms with Crippen LogP contribution in [0.15, 0.2) is 48.5 Å². The smallest absolute Gasteiger partial charge is 0.338 e. The lowest BCUT2D eigenvalue weighted by atomic mass is 10.2. The number of unbranched alkanes of at least 4 members (excludes halogenated alkanes) is 1. The zero-order valence-electron chi connectivity index (χ0n) is 14.6. The molecule has 6 heteroatoms. The van der Waals surface area contributed by atoms with Crippen LogP contribution < -0.4 is 10.6 Å². The highest BCUT2D eigenvalue weighted by Crippen LogP contribution is 2.12. The number of anilines is 2. The molecule has 0 aromatic heterocycles. The molecule has 0 aliphatic heterocycles.